The highest BCUT2D eigenvalue weighted by Crippen LogP contribution is 2.28. The molecular weight excluding hydrogens is 506 g/mol. The van der Waals surface area contributed by atoms with Crippen LogP contribution in [0.25, 0.3) is 0 Å². The smallest absolute Gasteiger partial charge is 0.244 e. The molecule has 0 bridgehead atoms. The molecule has 2 amide bonds. The summed E-state index contributed by atoms with van der Waals surface area (Å²) in [6.07, 6.45) is 2.22. The maximum Gasteiger partial charge on any atom is 0.244 e. The van der Waals surface area contributed by atoms with Gasteiger partial charge in [-0.15, -0.1) is 0 Å². The summed E-state index contributed by atoms with van der Waals surface area (Å²) in [7, 11) is -3.76. The Labute approximate surface area is 205 Å². The number of benzene rings is 2. The summed E-state index contributed by atoms with van der Waals surface area (Å²) >= 11 is 3.38. The van der Waals surface area contributed by atoms with Crippen LogP contribution in [0, 0.1) is 0 Å². The molecule has 0 aliphatic carbocycles. The van der Waals surface area contributed by atoms with Crippen molar-refractivity contribution >= 4 is 43.5 Å². The number of carbonyl (C=O) groups excluding carboxylic acids is 2. The fourth-order valence-electron chi connectivity index (χ4n) is 3.39. The third kappa shape index (κ3) is 7.57. The fraction of sp³-hybridized carbons (Fsp3) is 0.417. The van der Waals surface area contributed by atoms with Crippen LogP contribution in [0.5, 0.6) is 0 Å². The summed E-state index contributed by atoms with van der Waals surface area (Å²) in [6, 6.07) is 15.4. The molecule has 0 fully saturated rings. The topological polar surface area (TPSA) is 86.8 Å². The van der Waals surface area contributed by atoms with Crippen LogP contribution in [0.4, 0.5) is 5.69 Å². The standard InChI is InChI=1S/C24H32BrN3O4S/c1-5-18(3)26-24(30)21(6-2)27(16-19-12-8-7-9-13-19)23(29)17-28(33(4,31)32)22-15-11-10-14-20(22)25/h7-15,18,21H,5-6,16-17H2,1-4H3,(H,26,30)/t18-,21+/m1/s1. The van der Waals surface area contributed by atoms with Crippen LogP contribution in [0.2, 0.25) is 0 Å². The van der Waals surface area contributed by atoms with Crippen molar-refractivity contribution in [1.29, 1.82) is 0 Å². The Morgan fingerprint density at radius 1 is 1.00 bits per heavy atom. The molecule has 0 aliphatic heterocycles. The molecule has 0 aliphatic rings. The van der Waals surface area contributed by atoms with Crippen molar-refractivity contribution in [3.8, 4) is 0 Å². The number of sulfonamides is 1. The quantitative estimate of drug-likeness (QED) is 0.470. The zero-order chi connectivity index (χ0) is 24.6. The Balaban J connectivity index is 2.42. The number of anilines is 1. The van der Waals surface area contributed by atoms with Crippen molar-refractivity contribution in [2.24, 2.45) is 0 Å². The third-order valence-electron chi connectivity index (χ3n) is 5.38. The summed E-state index contributed by atoms with van der Waals surface area (Å²) in [5, 5.41) is 2.95. The normalized spacial score (nSPS) is 13.1. The minimum Gasteiger partial charge on any atom is -0.352 e. The number of nitrogens with zero attached hydrogens (tertiary/aromatic N) is 2. The van der Waals surface area contributed by atoms with Crippen LogP contribution >= 0.6 is 15.9 Å². The first kappa shape index (κ1) is 26.9. The first-order valence-corrected chi connectivity index (χ1v) is 13.6. The van der Waals surface area contributed by atoms with Crippen molar-refractivity contribution < 1.29 is 18.0 Å². The first-order chi connectivity index (χ1) is 15.6. The molecule has 0 radical (unpaired) electrons. The third-order valence-corrected chi connectivity index (χ3v) is 7.18. The van der Waals surface area contributed by atoms with Crippen LogP contribution < -0.4 is 9.62 Å². The number of rotatable bonds is 11. The Bertz CT molecular complexity index is 1050. The monoisotopic (exact) mass is 537 g/mol. The van der Waals surface area contributed by atoms with Gasteiger partial charge in [-0.25, -0.2) is 8.42 Å². The molecule has 0 aromatic heterocycles. The number of carbonyl (C=O) groups is 2. The molecule has 7 nitrogen and oxygen atoms in total. The summed E-state index contributed by atoms with van der Waals surface area (Å²) in [5.41, 5.74) is 1.22. The highest BCUT2D eigenvalue weighted by molar-refractivity contribution is 9.10. The molecule has 0 spiro atoms. The van der Waals surface area contributed by atoms with E-state index in [2.05, 4.69) is 21.2 Å². The maximum absolute atomic E-state index is 13.6. The SMILES string of the molecule is CC[C@@H](C)NC(=O)[C@H](CC)N(Cc1ccccc1)C(=O)CN(c1ccccc1Br)S(C)(=O)=O. The van der Waals surface area contributed by atoms with Crippen LogP contribution in [-0.2, 0) is 26.2 Å². The molecule has 0 saturated heterocycles. The summed E-state index contributed by atoms with van der Waals surface area (Å²) in [6.45, 7) is 5.50. The molecule has 2 rings (SSSR count). The average molecular weight is 539 g/mol. The van der Waals surface area contributed by atoms with Gasteiger partial charge >= 0.3 is 0 Å². The van der Waals surface area contributed by atoms with E-state index in [9.17, 15) is 18.0 Å². The summed E-state index contributed by atoms with van der Waals surface area (Å²) in [5.74, 6) is -0.700. The molecule has 0 unspecified atom stereocenters. The maximum atomic E-state index is 13.6. The first-order valence-electron chi connectivity index (χ1n) is 10.9. The van der Waals surface area contributed by atoms with Gasteiger partial charge < -0.3 is 10.2 Å². The van der Waals surface area contributed by atoms with Gasteiger partial charge in [-0.3, -0.25) is 13.9 Å². The molecule has 2 aromatic carbocycles. The molecule has 9 heteroatoms. The minimum absolute atomic E-state index is 0.0342. The lowest BCUT2D eigenvalue weighted by molar-refractivity contribution is -0.140. The highest BCUT2D eigenvalue weighted by atomic mass is 79.9. The Morgan fingerprint density at radius 2 is 1.61 bits per heavy atom. The van der Waals surface area contributed by atoms with Crippen molar-refractivity contribution in [3.05, 3.63) is 64.6 Å². The van der Waals surface area contributed by atoms with Gasteiger partial charge in [0.25, 0.3) is 0 Å². The lowest BCUT2D eigenvalue weighted by Gasteiger charge is -2.33. The molecule has 0 saturated carbocycles. The predicted octanol–water partition coefficient (Wildman–Crippen LogP) is 3.94. The summed E-state index contributed by atoms with van der Waals surface area (Å²) in [4.78, 5) is 28.1. The van der Waals surface area contributed by atoms with Gasteiger partial charge in [-0.05, 0) is 53.4 Å². The van der Waals surface area contributed by atoms with E-state index in [1.807, 2.05) is 51.1 Å². The van der Waals surface area contributed by atoms with E-state index < -0.39 is 28.5 Å². The number of hydrogen-bond donors (Lipinski definition) is 1. The van der Waals surface area contributed by atoms with Gasteiger partial charge in [-0.1, -0.05) is 56.3 Å². The number of para-hydroxylation sites is 1. The van der Waals surface area contributed by atoms with E-state index in [-0.39, 0.29) is 18.5 Å². The Kier molecular flexibility index (Phi) is 9.91. The molecule has 2 atom stereocenters. The zero-order valence-corrected chi connectivity index (χ0v) is 21.9. The number of nitrogens with one attached hydrogen (secondary N) is 1. The van der Waals surface area contributed by atoms with Gasteiger partial charge in [-0.2, -0.15) is 0 Å². The van der Waals surface area contributed by atoms with Crippen LogP contribution in [-0.4, -0.2) is 50.0 Å². The largest absolute Gasteiger partial charge is 0.352 e. The second-order valence-corrected chi connectivity index (χ2v) is 10.7. The lowest BCUT2D eigenvalue weighted by Crippen LogP contribution is -2.53. The Morgan fingerprint density at radius 3 is 2.15 bits per heavy atom. The van der Waals surface area contributed by atoms with Crippen molar-refractivity contribution in [1.82, 2.24) is 10.2 Å². The molecular formula is C24H32BrN3O4S. The van der Waals surface area contributed by atoms with Crippen LogP contribution in [0.1, 0.15) is 39.2 Å². The lowest BCUT2D eigenvalue weighted by atomic mass is 10.1. The van der Waals surface area contributed by atoms with E-state index in [4.69, 9.17) is 0 Å². The second-order valence-electron chi connectivity index (χ2n) is 7.97. The van der Waals surface area contributed by atoms with Gasteiger partial charge in [0, 0.05) is 17.1 Å². The zero-order valence-electron chi connectivity index (χ0n) is 19.5. The van der Waals surface area contributed by atoms with Gasteiger partial charge in [0.05, 0.1) is 11.9 Å². The number of amides is 2. The van der Waals surface area contributed by atoms with Crippen LogP contribution in [0.3, 0.4) is 0 Å². The van der Waals surface area contributed by atoms with E-state index in [1.165, 1.54) is 4.90 Å². The van der Waals surface area contributed by atoms with E-state index in [0.717, 1.165) is 22.5 Å². The second kappa shape index (κ2) is 12.2. The van der Waals surface area contributed by atoms with Crippen LogP contribution in [0.15, 0.2) is 59.1 Å². The van der Waals surface area contributed by atoms with E-state index >= 15 is 0 Å². The molecule has 0 heterocycles. The van der Waals surface area contributed by atoms with Crippen molar-refractivity contribution in [2.45, 2.75) is 52.2 Å². The summed E-state index contributed by atoms with van der Waals surface area (Å²) < 4.78 is 26.8. The van der Waals surface area contributed by atoms with E-state index in [1.54, 1.807) is 24.3 Å². The number of hydrogen-bond acceptors (Lipinski definition) is 4. The molecule has 1 N–H and O–H groups in total. The average Bonchev–Trinajstić information content (AvgIpc) is 2.77. The van der Waals surface area contributed by atoms with Gasteiger partial charge in [0.1, 0.15) is 12.6 Å². The minimum atomic E-state index is -3.76. The van der Waals surface area contributed by atoms with Crippen molar-refractivity contribution in [2.75, 3.05) is 17.1 Å². The number of halogens is 1. The molecule has 2 aromatic rings. The molecule has 180 valence electrons. The molecule has 33 heavy (non-hydrogen) atoms. The fourth-order valence-corrected chi connectivity index (χ4v) is 4.87. The van der Waals surface area contributed by atoms with Crippen molar-refractivity contribution in [3.63, 3.8) is 0 Å². The van der Waals surface area contributed by atoms with Gasteiger partial charge in [0.15, 0.2) is 0 Å². The van der Waals surface area contributed by atoms with E-state index in [0.29, 0.717) is 16.6 Å². The highest BCUT2D eigenvalue weighted by Gasteiger charge is 2.32. The van der Waals surface area contributed by atoms with Gasteiger partial charge in [0.2, 0.25) is 21.8 Å². The predicted molar refractivity (Wildman–Crippen MR) is 135 cm³/mol. The Hall–Kier alpha value is -2.39.